The van der Waals surface area contributed by atoms with E-state index in [1.54, 1.807) is 16.9 Å². The largest absolute Gasteiger partial charge is 0.490 e. The summed E-state index contributed by atoms with van der Waals surface area (Å²) in [5.41, 5.74) is 11.6. The van der Waals surface area contributed by atoms with Crippen molar-refractivity contribution in [3.8, 4) is 11.8 Å². The van der Waals surface area contributed by atoms with Crippen LogP contribution in [0.1, 0.15) is 116 Å². The van der Waals surface area contributed by atoms with E-state index in [2.05, 4.69) is 206 Å². The SMILES string of the molecule is Cc1ccc2c(c1)C(C)(C)C(=CC=C1CCCC(C=CC3=[N+](/C=C/Br)c4ccccc4C3(C)C)=C1NCc1cccc(C(=O)NCCn3cc(CCCC#Cc4cn([C@H]5C[C@@H](O)C(COP(=O)(O)OP(=O)(O)OP(=O)(O)O)O5)c(=O)[nH]c4=O)nn3)c1)N2/C=C/Br. The molecule has 4 aliphatic rings. The predicted octanol–water partition coefficient (Wildman–Crippen LogP) is 9.73. The normalized spacial score (nSPS) is 21.1. The number of carbonyl (C=O) groups is 1. The minimum absolute atomic E-state index is 0.112. The molecule has 1 fully saturated rings. The van der Waals surface area contributed by atoms with Gasteiger partial charge >= 0.3 is 29.2 Å². The number of aliphatic hydroxyl groups is 1. The number of nitrogens with one attached hydrogen (secondary N) is 3. The van der Waals surface area contributed by atoms with Gasteiger partial charge in [0.2, 0.25) is 5.69 Å². The Morgan fingerprint density at radius 2 is 1.72 bits per heavy atom. The molecule has 3 aromatic carbocycles. The average molecular weight is 1420 g/mol. The highest BCUT2D eigenvalue weighted by Gasteiger charge is 2.45. The van der Waals surface area contributed by atoms with E-state index in [9.17, 15) is 43.0 Å². The highest BCUT2D eigenvalue weighted by Crippen LogP contribution is 2.66. The first-order chi connectivity index (χ1) is 42.7. The number of benzene rings is 3. The van der Waals surface area contributed by atoms with Crippen LogP contribution in [0.4, 0.5) is 11.4 Å². The standard InChI is InChI=1S/C61H68Br2N9O15P3/c1-40-21-24-50-48(33-40)61(4,5)54(71(50)31-28-63)26-23-43-16-12-15-42(22-25-53-60(2,3)47-19-9-10-20-49(47)70(53)30-27-62)56(43)65-36-41-13-11-17-44(34-41)57(74)64-29-32-69-38-46(67-68-69)18-8-6-7-14-45-37-72(59(76)66-58(45)75)55-35-51(73)52(85-55)39-84-89(80,81)87-90(82,83)86-88(77,78)79/h9-11,13,17,19-28,30-31,33-34,37-38,51-52,55,73H,6,8,12,15-16,18,29,32,35-36,39H2,1-5H3,(H6,64,66,74,75,76,77,78,79,80,81,82,83)/p+1/b30-27+,31-28+,43-23?,54-26?/t51-,52?,55-/m1/s1. The van der Waals surface area contributed by atoms with Crippen molar-refractivity contribution >= 4 is 78.3 Å². The Bertz CT molecular complexity index is 4150. The van der Waals surface area contributed by atoms with Gasteiger partial charge in [-0.15, -0.1) is 5.10 Å². The lowest BCUT2D eigenvalue weighted by Gasteiger charge is -2.26. The number of ether oxygens (including phenoxy) is 1. The maximum absolute atomic E-state index is 13.7. The molecule has 0 radical (unpaired) electrons. The second-order valence-electron chi connectivity index (χ2n) is 22.8. The first-order valence-electron chi connectivity index (χ1n) is 28.7. The minimum atomic E-state index is -5.79. The third-order valence-corrected chi connectivity index (χ3v) is 20.0. The van der Waals surface area contributed by atoms with Gasteiger partial charge in [-0.2, -0.15) is 13.2 Å². The van der Waals surface area contributed by atoms with Crippen LogP contribution in [-0.4, -0.2) is 90.8 Å². The van der Waals surface area contributed by atoms with E-state index in [1.807, 2.05) is 28.2 Å². The molecule has 1 saturated heterocycles. The van der Waals surface area contributed by atoms with Gasteiger partial charge in [-0.3, -0.25) is 28.3 Å². The number of amides is 1. The molecule has 5 aromatic rings. The number of phosphoric acid groups is 3. The van der Waals surface area contributed by atoms with Crippen LogP contribution in [0.3, 0.4) is 0 Å². The van der Waals surface area contributed by atoms with Crippen LogP contribution in [-0.2, 0) is 61.9 Å². The van der Waals surface area contributed by atoms with Crippen LogP contribution in [0, 0.1) is 18.8 Å². The smallest absolute Gasteiger partial charge is 0.390 e. The van der Waals surface area contributed by atoms with Gasteiger partial charge in [0, 0.05) is 95.3 Å². The highest BCUT2D eigenvalue weighted by atomic mass is 79.9. The zero-order chi connectivity index (χ0) is 64.8. The summed E-state index contributed by atoms with van der Waals surface area (Å²) in [6.07, 6.45) is 15.8. The maximum atomic E-state index is 13.7. The van der Waals surface area contributed by atoms with E-state index in [0.29, 0.717) is 43.6 Å². The summed E-state index contributed by atoms with van der Waals surface area (Å²) in [5.74, 6) is 5.38. The second kappa shape index (κ2) is 28.6. The molecule has 5 heterocycles. The fourth-order valence-corrected chi connectivity index (χ4v) is 14.8. The first kappa shape index (κ1) is 67.9. The number of fused-ring (bicyclic) bond motifs is 2. The van der Waals surface area contributed by atoms with Crippen molar-refractivity contribution in [3.63, 3.8) is 0 Å². The number of aryl methyl sites for hydroxylation is 2. The van der Waals surface area contributed by atoms with Crippen molar-refractivity contribution in [2.75, 3.05) is 18.1 Å². The third-order valence-electron chi connectivity index (χ3n) is 15.7. The van der Waals surface area contributed by atoms with Crippen molar-refractivity contribution in [2.45, 2.75) is 122 Å². The molecular weight excluding hydrogens is 1350 g/mol. The van der Waals surface area contributed by atoms with Crippen molar-refractivity contribution in [2.24, 2.45) is 0 Å². The Labute approximate surface area is 536 Å². The average Bonchev–Trinajstić information content (AvgIpc) is 1.61. The van der Waals surface area contributed by atoms with Crippen molar-refractivity contribution in [1.82, 2.24) is 35.2 Å². The van der Waals surface area contributed by atoms with Crippen LogP contribution >= 0.6 is 55.3 Å². The van der Waals surface area contributed by atoms with E-state index in [0.717, 1.165) is 64.1 Å². The molecule has 90 heavy (non-hydrogen) atoms. The van der Waals surface area contributed by atoms with Gasteiger partial charge in [0.15, 0.2) is 11.9 Å². The lowest BCUT2D eigenvalue weighted by Crippen LogP contribution is -2.33. The number of para-hydroxylation sites is 1. The number of hydrogen-bond donors (Lipinski definition) is 8. The Hall–Kier alpha value is -6.49. The first-order valence-corrected chi connectivity index (χ1v) is 35.0. The monoisotopic (exact) mass is 1420 g/mol. The molecule has 3 aliphatic heterocycles. The third kappa shape index (κ3) is 16.4. The van der Waals surface area contributed by atoms with E-state index < -0.39 is 59.8 Å². The summed E-state index contributed by atoms with van der Waals surface area (Å²) >= 11 is 7.09. The van der Waals surface area contributed by atoms with Gasteiger partial charge in [-0.05, 0) is 104 Å². The molecule has 1 aliphatic carbocycles. The quantitative estimate of drug-likeness (QED) is 0.0130. The molecule has 476 valence electrons. The van der Waals surface area contributed by atoms with Crippen LogP contribution in [0.5, 0.6) is 0 Å². The number of aromatic amines is 1. The molecule has 0 bridgehead atoms. The summed E-state index contributed by atoms with van der Waals surface area (Å²) in [5, 5.41) is 25.9. The summed E-state index contributed by atoms with van der Waals surface area (Å²) < 4.78 is 57.1. The molecule has 29 heteroatoms. The van der Waals surface area contributed by atoms with Gasteiger partial charge in [0.05, 0.1) is 30.4 Å². The number of aromatic nitrogens is 5. The minimum Gasteiger partial charge on any atom is -0.390 e. The number of unbranched alkanes of at least 4 members (excludes halogenated alkanes) is 1. The molecule has 24 nitrogen and oxygen atoms in total. The number of hydrogen-bond acceptors (Lipinski definition) is 15. The fraction of sp³-hybridized carbons (Fsp3) is 0.344. The van der Waals surface area contributed by atoms with Crippen molar-refractivity contribution in [3.05, 3.63) is 208 Å². The van der Waals surface area contributed by atoms with E-state index in [-0.39, 0.29) is 35.3 Å². The van der Waals surface area contributed by atoms with E-state index in [1.165, 1.54) is 27.8 Å². The molecule has 8 N–H and O–H groups in total. The van der Waals surface area contributed by atoms with E-state index in [4.69, 9.17) is 14.5 Å². The number of nitrogens with zero attached hydrogens (tertiary/aromatic N) is 6. The van der Waals surface area contributed by atoms with Crippen LogP contribution in [0.2, 0.25) is 0 Å². The fourth-order valence-electron chi connectivity index (χ4n) is 11.3. The second-order valence-corrected chi connectivity index (χ2v) is 28.2. The number of allylic oxidation sites excluding steroid dienone is 7. The summed E-state index contributed by atoms with van der Waals surface area (Å²) in [7, 11) is -16.9. The van der Waals surface area contributed by atoms with Gasteiger partial charge < -0.3 is 45.0 Å². The number of halogens is 2. The molecule has 0 spiro atoms. The van der Waals surface area contributed by atoms with Crippen molar-refractivity contribution < 1.29 is 65.6 Å². The number of aliphatic hydroxyl groups excluding tert-OH is 1. The molecule has 5 atom stereocenters. The number of carbonyl (C=O) groups excluding carboxylic acids is 1. The van der Waals surface area contributed by atoms with Gasteiger partial charge in [0.25, 0.3) is 11.5 Å². The Kier molecular flexibility index (Phi) is 21.6. The lowest BCUT2D eigenvalue weighted by atomic mass is 9.81. The zero-order valence-corrected chi connectivity index (χ0v) is 55.6. The summed E-state index contributed by atoms with van der Waals surface area (Å²) in [4.78, 5) is 83.9. The summed E-state index contributed by atoms with van der Waals surface area (Å²) in [6.45, 7) is 11.3. The number of phosphoric ester groups is 1. The predicted molar refractivity (Wildman–Crippen MR) is 345 cm³/mol. The molecule has 2 aromatic heterocycles. The maximum Gasteiger partial charge on any atom is 0.490 e. The Balaban J connectivity index is 0.812. The number of H-pyrrole nitrogens is 1. The topological polar surface area (TPSA) is 322 Å². The van der Waals surface area contributed by atoms with Gasteiger partial charge in [-0.25, -0.2) is 18.5 Å². The molecular formula is C61H69Br2N9O15P3+. The van der Waals surface area contributed by atoms with Crippen LogP contribution < -0.4 is 26.8 Å². The van der Waals surface area contributed by atoms with Crippen LogP contribution in [0.25, 0.3) is 0 Å². The van der Waals surface area contributed by atoms with Gasteiger partial charge in [0.1, 0.15) is 17.9 Å². The molecule has 3 unspecified atom stereocenters. The zero-order valence-electron chi connectivity index (χ0n) is 49.7. The van der Waals surface area contributed by atoms with E-state index >= 15 is 0 Å². The van der Waals surface area contributed by atoms with Gasteiger partial charge in [-0.1, -0.05) is 123 Å². The molecule has 1 amide bonds. The highest BCUT2D eigenvalue weighted by molar-refractivity contribution is 9.11. The molecule has 0 saturated carbocycles. The Morgan fingerprint density at radius 1 is 0.933 bits per heavy atom. The number of anilines is 1. The van der Waals surface area contributed by atoms with Crippen molar-refractivity contribution in [1.29, 1.82) is 0 Å². The lowest BCUT2D eigenvalue weighted by molar-refractivity contribution is -0.356. The Morgan fingerprint density at radius 3 is 2.49 bits per heavy atom. The summed E-state index contributed by atoms with van der Waals surface area (Å²) in [6, 6.07) is 22.7. The molecule has 9 rings (SSSR count). The number of rotatable bonds is 23. The van der Waals surface area contributed by atoms with Crippen LogP contribution in [0.15, 0.2) is 158 Å².